The molecular weight excluding hydrogens is 413 g/mol. The van der Waals surface area contributed by atoms with Crippen molar-refractivity contribution >= 4 is 21.6 Å². The van der Waals surface area contributed by atoms with E-state index in [4.69, 9.17) is 16.3 Å². The Hall–Kier alpha value is -2.41. The average molecular weight is 432 g/mol. The Kier molecular flexibility index (Phi) is 5.58. The Morgan fingerprint density at radius 1 is 1.00 bits per heavy atom. The summed E-state index contributed by atoms with van der Waals surface area (Å²) in [7, 11) is -3.70. The van der Waals surface area contributed by atoms with E-state index in [1.165, 1.54) is 17.7 Å². The number of benzene rings is 3. The van der Waals surface area contributed by atoms with Crippen molar-refractivity contribution in [2.75, 3.05) is 6.61 Å². The molecule has 4 rings (SSSR count). The topological polar surface area (TPSA) is 55.4 Å². The van der Waals surface area contributed by atoms with Gasteiger partial charge < -0.3 is 4.74 Å². The molecule has 0 atom stereocenters. The summed E-state index contributed by atoms with van der Waals surface area (Å²) in [6.07, 6.45) is 0.913. The first-order valence-electron chi connectivity index (χ1n) is 9.16. The largest absolute Gasteiger partial charge is 0.493 e. The predicted molar refractivity (Wildman–Crippen MR) is 112 cm³/mol. The van der Waals surface area contributed by atoms with Crippen molar-refractivity contribution in [1.29, 1.82) is 0 Å². The Bertz CT molecular complexity index is 1150. The fourth-order valence-electron chi connectivity index (χ4n) is 3.28. The first kappa shape index (κ1) is 19.9. The van der Waals surface area contributed by atoms with E-state index < -0.39 is 21.6 Å². The van der Waals surface area contributed by atoms with Crippen LogP contribution in [0.5, 0.6) is 5.75 Å². The van der Waals surface area contributed by atoms with Crippen molar-refractivity contribution in [1.82, 2.24) is 4.72 Å². The van der Waals surface area contributed by atoms with Crippen molar-refractivity contribution in [2.24, 2.45) is 0 Å². The van der Waals surface area contributed by atoms with Gasteiger partial charge in [0.1, 0.15) is 11.6 Å². The molecule has 0 unspecified atom stereocenters. The molecule has 3 aromatic rings. The van der Waals surface area contributed by atoms with Gasteiger partial charge in [-0.3, -0.25) is 0 Å². The zero-order valence-corrected chi connectivity index (χ0v) is 17.1. The van der Waals surface area contributed by atoms with Crippen LogP contribution < -0.4 is 9.46 Å². The van der Waals surface area contributed by atoms with Gasteiger partial charge in [-0.2, -0.15) is 0 Å². The number of ether oxygens (including phenoxy) is 1. The molecule has 4 nitrogen and oxygen atoms in total. The number of halogens is 2. The third-order valence-corrected chi connectivity index (χ3v) is 6.34. The van der Waals surface area contributed by atoms with Gasteiger partial charge in [-0.05, 0) is 52.6 Å². The molecule has 29 heavy (non-hydrogen) atoms. The van der Waals surface area contributed by atoms with Crippen molar-refractivity contribution in [3.05, 3.63) is 88.2 Å². The van der Waals surface area contributed by atoms with Crippen molar-refractivity contribution < 1.29 is 17.5 Å². The third-order valence-electron chi connectivity index (χ3n) is 4.83. The number of hydrogen-bond acceptors (Lipinski definition) is 3. The maximum atomic E-state index is 13.8. The first-order chi connectivity index (χ1) is 13.9. The molecule has 0 radical (unpaired) electrons. The second-order valence-corrected chi connectivity index (χ2v) is 9.18. The van der Waals surface area contributed by atoms with Crippen LogP contribution in [0.15, 0.2) is 60.7 Å². The highest BCUT2D eigenvalue weighted by atomic mass is 35.5. The molecule has 0 amide bonds. The minimum absolute atomic E-state index is 0.0425. The van der Waals surface area contributed by atoms with Gasteiger partial charge in [0.05, 0.1) is 12.4 Å². The molecule has 7 heteroatoms. The van der Waals surface area contributed by atoms with Crippen LogP contribution in [0.3, 0.4) is 0 Å². The standard InChI is InChI=1S/C22H19ClFNO3S/c23-20-6-7-21(24)19(12-20)14-29(26,27)25-13-15-1-3-16(4-2-15)17-5-8-22-18(11-17)9-10-28-22/h1-8,11-12,25H,9-10,13-14H2. The number of nitrogens with one attached hydrogen (secondary N) is 1. The van der Waals surface area contributed by atoms with Crippen LogP contribution >= 0.6 is 11.6 Å². The Morgan fingerprint density at radius 2 is 1.76 bits per heavy atom. The Labute approximate surface area is 174 Å². The molecular formula is C22H19ClFNO3S. The molecule has 1 heterocycles. The third kappa shape index (κ3) is 4.78. The van der Waals surface area contributed by atoms with Gasteiger partial charge in [0.15, 0.2) is 0 Å². The van der Waals surface area contributed by atoms with E-state index in [1.807, 2.05) is 36.4 Å². The normalized spacial score (nSPS) is 13.2. The van der Waals surface area contributed by atoms with E-state index in [-0.39, 0.29) is 12.1 Å². The summed E-state index contributed by atoms with van der Waals surface area (Å²) in [5, 5.41) is 0.297. The molecule has 0 fully saturated rings. The highest BCUT2D eigenvalue weighted by Crippen LogP contribution is 2.30. The summed E-state index contributed by atoms with van der Waals surface area (Å²) in [6.45, 7) is 0.847. The van der Waals surface area contributed by atoms with E-state index in [0.717, 1.165) is 41.5 Å². The molecule has 1 N–H and O–H groups in total. The summed E-state index contributed by atoms with van der Waals surface area (Å²) >= 11 is 5.83. The molecule has 0 spiro atoms. The lowest BCUT2D eigenvalue weighted by Gasteiger charge is -2.09. The van der Waals surface area contributed by atoms with Gasteiger partial charge in [-0.15, -0.1) is 0 Å². The molecule has 0 aliphatic carbocycles. The fraction of sp³-hybridized carbons (Fsp3) is 0.182. The van der Waals surface area contributed by atoms with Gasteiger partial charge in [0.25, 0.3) is 0 Å². The van der Waals surface area contributed by atoms with Crippen LogP contribution in [0.25, 0.3) is 11.1 Å². The van der Waals surface area contributed by atoms with Crippen LogP contribution in [0, 0.1) is 5.82 Å². The van der Waals surface area contributed by atoms with Crippen LogP contribution in [0.2, 0.25) is 5.02 Å². The van der Waals surface area contributed by atoms with Gasteiger partial charge in [0.2, 0.25) is 10.0 Å². The second-order valence-electron chi connectivity index (χ2n) is 6.93. The highest BCUT2D eigenvalue weighted by molar-refractivity contribution is 7.88. The van der Waals surface area contributed by atoms with Crippen LogP contribution in [0.1, 0.15) is 16.7 Å². The number of hydrogen-bond donors (Lipinski definition) is 1. The zero-order chi connectivity index (χ0) is 20.4. The van der Waals surface area contributed by atoms with Crippen molar-refractivity contribution in [2.45, 2.75) is 18.7 Å². The highest BCUT2D eigenvalue weighted by Gasteiger charge is 2.15. The van der Waals surface area contributed by atoms with E-state index in [1.54, 1.807) is 0 Å². The maximum absolute atomic E-state index is 13.8. The van der Waals surface area contributed by atoms with E-state index in [0.29, 0.717) is 5.02 Å². The van der Waals surface area contributed by atoms with Crippen molar-refractivity contribution in [3.8, 4) is 16.9 Å². The first-order valence-corrected chi connectivity index (χ1v) is 11.2. The smallest absolute Gasteiger partial charge is 0.216 e. The number of sulfonamides is 1. The summed E-state index contributed by atoms with van der Waals surface area (Å²) < 4.78 is 46.4. The molecule has 0 aromatic heterocycles. The minimum atomic E-state index is -3.70. The molecule has 150 valence electrons. The summed E-state index contributed by atoms with van der Waals surface area (Å²) in [6, 6.07) is 17.7. The summed E-state index contributed by atoms with van der Waals surface area (Å²) in [4.78, 5) is 0. The second kappa shape index (κ2) is 8.14. The quantitative estimate of drug-likeness (QED) is 0.615. The number of rotatable bonds is 6. The lowest BCUT2D eigenvalue weighted by Crippen LogP contribution is -2.25. The average Bonchev–Trinajstić information content (AvgIpc) is 3.17. The monoisotopic (exact) mass is 431 g/mol. The molecule has 0 bridgehead atoms. The lowest BCUT2D eigenvalue weighted by atomic mass is 10.0. The Balaban J connectivity index is 1.41. The van der Waals surface area contributed by atoms with Gasteiger partial charge in [0, 0.05) is 23.6 Å². The summed E-state index contributed by atoms with van der Waals surface area (Å²) in [5.74, 6) is -0.117. The van der Waals surface area contributed by atoms with Crippen LogP contribution in [0.4, 0.5) is 4.39 Å². The molecule has 1 aliphatic heterocycles. The van der Waals surface area contributed by atoms with Gasteiger partial charge in [-0.1, -0.05) is 41.9 Å². The maximum Gasteiger partial charge on any atom is 0.216 e. The molecule has 0 saturated heterocycles. The Morgan fingerprint density at radius 3 is 2.55 bits per heavy atom. The van der Waals surface area contributed by atoms with E-state index in [2.05, 4.69) is 10.8 Å². The van der Waals surface area contributed by atoms with Gasteiger partial charge >= 0.3 is 0 Å². The van der Waals surface area contributed by atoms with Crippen LogP contribution in [-0.4, -0.2) is 15.0 Å². The molecule has 1 aliphatic rings. The molecule has 3 aromatic carbocycles. The number of fused-ring (bicyclic) bond motifs is 1. The fourth-order valence-corrected chi connectivity index (χ4v) is 4.60. The van der Waals surface area contributed by atoms with E-state index in [9.17, 15) is 12.8 Å². The van der Waals surface area contributed by atoms with Crippen LogP contribution in [-0.2, 0) is 28.7 Å². The lowest BCUT2D eigenvalue weighted by molar-refractivity contribution is 0.357. The zero-order valence-electron chi connectivity index (χ0n) is 15.5. The summed E-state index contributed by atoms with van der Waals surface area (Å²) in [5.41, 5.74) is 4.20. The SMILES string of the molecule is O=S(=O)(Cc1cc(Cl)ccc1F)NCc1ccc(-c2ccc3c(c2)CCO3)cc1. The predicted octanol–water partition coefficient (Wildman–Crippen LogP) is 4.70. The molecule has 0 saturated carbocycles. The van der Waals surface area contributed by atoms with Gasteiger partial charge in [-0.25, -0.2) is 17.5 Å². The van der Waals surface area contributed by atoms with E-state index >= 15 is 0 Å². The minimum Gasteiger partial charge on any atom is -0.493 e. The van der Waals surface area contributed by atoms with Crippen molar-refractivity contribution in [3.63, 3.8) is 0 Å².